The molecule has 2 aromatic rings. The number of amides is 2. The van der Waals surface area contributed by atoms with Crippen molar-refractivity contribution in [2.75, 3.05) is 18.5 Å². The van der Waals surface area contributed by atoms with Crippen molar-refractivity contribution < 1.29 is 14.3 Å². The van der Waals surface area contributed by atoms with E-state index in [9.17, 15) is 4.79 Å². The number of benzene rings is 2. The number of rotatable bonds is 4. The van der Waals surface area contributed by atoms with Gasteiger partial charge < -0.3 is 20.1 Å². The first-order valence-electron chi connectivity index (χ1n) is 8.56. The second kappa shape index (κ2) is 7.47. The van der Waals surface area contributed by atoms with E-state index >= 15 is 0 Å². The third kappa shape index (κ3) is 4.24. The molecule has 0 spiro atoms. The normalized spacial score (nSPS) is 14.1. The maximum absolute atomic E-state index is 12.4. The van der Waals surface area contributed by atoms with E-state index in [0.29, 0.717) is 13.2 Å². The Morgan fingerprint density at radius 2 is 1.80 bits per heavy atom. The number of aryl methyl sites for hydroxylation is 1. The van der Waals surface area contributed by atoms with Gasteiger partial charge in [-0.1, -0.05) is 32.0 Å². The van der Waals surface area contributed by atoms with E-state index in [-0.39, 0.29) is 18.0 Å². The number of hydrogen-bond acceptors (Lipinski definition) is 3. The van der Waals surface area contributed by atoms with Crippen molar-refractivity contribution in [1.82, 2.24) is 5.32 Å². The third-order valence-electron chi connectivity index (χ3n) is 4.15. The average Bonchev–Trinajstić information content (AvgIpc) is 2.59. The summed E-state index contributed by atoms with van der Waals surface area (Å²) in [6.07, 6.45) is 0. The highest BCUT2D eigenvalue weighted by molar-refractivity contribution is 5.89. The van der Waals surface area contributed by atoms with Crippen LogP contribution in [0.1, 0.15) is 31.0 Å². The van der Waals surface area contributed by atoms with E-state index in [1.54, 1.807) is 0 Å². The van der Waals surface area contributed by atoms with E-state index in [4.69, 9.17) is 9.47 Å². The Kier molecular flexibility index (Phi) is 5.12. The molecule has 0 aliphatic carbocycles. The number of ether oxygens (including phenoxy) is 2. The summed E-state index contributed by atoms with van der Waals surface area (Å²) in [7, 11) is 0. The van der Waals surface area contributed by atoms with Crippen LogP contribution in [0.2, 0.25) is 0 Å². The Bertz CT molecular complexity index is 758. The highest BCUT2D eigenvalue weighted by atomic mass is 16.6. The molecule has 5 heteroatoms. The molecular formula is C20H24N2O3. The third-order valence-corrected chi connectivity index (χ3v) is 4.15. The quantitative estimate of drug-likeness (QED) is 0.873. The SMILES string of the molecule is Cc1cccc(NC(=O)N[C@H](c2ccc3c(c2)OCCO3)C(C)C)c1. The van der Waals surface area contributed by atoms with E-state index in [1.165, 1.54) is 0 Å². The Balaban J connectivity index is 1.74. The number of hydrogen-bond donors (Lipinski definition) is 2. The lowest BCUT2D eigenvalue weighted by Gasteiger charge is -2.25. The number of carbonyl (C=O) groups is 1. The van der Waals surface area contributed by atoms with Crippen LogP contribution in [-0.2, 0) is 0 Å². The van der Waals surface area contributed by atoms with Crippen LogP contribution in [0.15, 0.2) is 42.5 Å². The smallest absolute Gasteiger partial charge is 0.319 e. The molecule has 2 amide bonds. The average molecular weight is 340 g/mol. The molecule has 0 fully saturated rings. The topological polar surface area (TPSA) is 59.6 Å². The predicted molar refractivity (Wildman–Crippen MR) is 98.3 cm³/mol. The van der Waals surface area contributed by atoms with Gasteiger partial charge in [0.05, 0.1) is 6.04 Å². The van der Waals surface area contributed by atoms with E-state index in [0.717, 1.165) is 28.3 Å². The van der Waals surface area contributed by atoms with E-state index in [1.807, 2.05) is 49.4 Å². The first-order chi connectivity index (χ1) is 12.0. The number of anilines is 1. The van der Waals surface area contributed by atoms with Crippen LogP contribution in [0.3, 0.4) is 0 Å². The molecule has 2 N–H and O–H groups in total. The fourth-order valence-electron chi connectivity index (χ4n) is 2.92. The van der Waals surface area contributed by atoms with Crippen molar-refractivity contribution in [1.29, 1.82) is 0 Å². The molecule has 25 heavy (non-hydrogen) atoms. The van der Waals surface area contributed by atoms with Gasteiger partial charge in [-0.2, -0.15) is 0 Å². The lowest BCUT2D eigenvalue weighted by atomic mass is 9.95. The number of nitrogens with one attached hydrogen (secondary N) is 2. The molecule has 132 valence electrons. The zero-order valence-corrected chi connectivity index (χ0v) is 14.8. The highest BCUT2D eigenvalue weighted by Crippen LogP contribution is 2.34. The molecule has 0 saturated carbocycles. The van der Waals surface area contributed by atoms with Crippen molar-refractivity contribution >= 4 is 11.7 Å². The van der Waals surface area contributed by atoms with Crippen molar-refractivity contribution in [3.05, 3.63) is 53.6 Å². The zero-order chi connectivity index (χ0) is 17.8. The van der Waals surface area contributed by atoms with Gasteiger partial charge in [-0.3, -0.25) is 0 Å². The van der Waals surface area contributed by atoms with E-state index in [2.05, 4.69) is 24.5 Å². The Morgan fingerprint density at radius 1 is 1.04 bits per heavy atom. The molecule has 0 unspecified atom stereocenters. The van der Waals surface area contributed by atoms with Crippen molar-refractivity contribution in [2.24, 2.45) is 5.92 Å². The number of fused-ring (bicyclic) bond motifs is 1. The molecule has 2 aromatic carbocycles. The number of carbonyl (C=O) groups excluding carboxylic acids is 1. The van der Waals surface area contributed by atoms with Crippen LogP contribution in [0.5, 0.6) is 11.5 Å². The largest absolute Gasteiger partial charge is 0.486 e. The molecular weight excluding hydrogens is 316 g/mol. The molecule has 0 radical (unpaired) electrons. The van der Waals surface area contributed by atoms with Crippen LogP contribution in [0.4, 0.5) is 10.5 Å². The van der Waals surface area contributed by atoms with Crippen LogP contribution >= 0.6 is 0 Å². The molecule has 1 atom stereocenters. The molecule has 1 heterocycles. The van der Waals surface area contributed by atoms with Crippen molar-refractivity contribution in [3.8, 4) is 11.5 Å². The Hall–Kier alpha value is -2.69. The molecule has 0 saturated heterocycles. The summed E-state index contributed by atoms with van der Waals surface area (Å²) in [5.74, 6) is 1.71. The summed E-state index contributed by atoms with van der Waals surface area (Å²) in [5.41, 5.74) is 2.88. The minimum Gasteiger partial charge on any atom is -0.486 e. The lowest BCUT2D eigenvalue weighted by molar-refractivity contribution is 0.171. The summed E-state index contributed by atoms with van der Waals surface area (Å²) in [5, 5.41) is 5.96. The summed E-state index contributed by atoms with van der Waals surface area (Å²) in [4.78, 5) is 12.4. The lowest BCUT2D eigenvalue weighted by Crippen LogP contribution is -2.35. The monoisotopic (exact) mass is 340 g/mol. The minimum absolute atomic E-state index is 0.124. The zero-order valence-electron chi connectivity index (χ0n) is 14.8. The number of urea groups is 1. The summed E-state index contributed by atoms with van der Waals surface area (Å²) in [6.45, 7) is 7.26. The van der Waals surface area contributed by atoms with E-state index < -0.39 is 0 Å². The first kappa shape index (κ1) is 17.1. The van der Waals surface area contributed by atoms with Gasteiger partial charge in [-0.25, -0.2) is 4.79 Å². The van der Waals surface area contributed by atoms with Crippen LogP contribution < -0.4 is 20.1 Å². The second-order valence-electron chi connectivity index (χ2n) is 6.59. The standard InChI is InChI=1S/C20H24N2O3/c1-13(2)19(15-7-8-17-18(12-15)25-10-9-24-17)22-20(23)21-16-6-4-5-14(3)11-16/h4-8,11-13,19H,9-10H2,1-3H3,(H2,21,22,23)/t19-/m0/s1. The van der Waals surface area contributed by atoms with Gasteiger partial charge in [-0.15, -0.1) is 0 Å². The van der Waals surface area contributed by atoms with Crippen molar-refractivity contribution in [3.63, 3.8) is 0 Å². The van der Waals surface area contributed by atoms with Gasteiger partial charge in [0.15, 0.2) is 11.5 Å². The summed E-state index contributed by atoms with van der Waals surface area (Å²) < 4.78 is 11.2. The fourth-order valence-corrected chi connectivity index (χ4v) is 2.92. The van der Waals surface area contributed by atoms with Gasteiger partial charge in [0.2, 0.25) is 0 Å². The maximum Gasteiger partial charge on any atom is 0.319 e. The van der Waals surface area contributed by atoms with Crippen LogP contribution in [0, 0.1) is 12.8 Å². The molecule has 1 aliphatic rings. The molecule has 3 rings (SSSR count). The summed E-state index contributed by atoms with van der Waals surface area (Å²) >= 11 is 0. The Morgan fingerprint density at radius 3 is 2.52 bits per heavy atom. The molecule has 0 aromatic heterocycles. The van der Waals surface area contributed by atoms with Crippen molar-refractivity contribution in [2.45, 2.75) is 26.8 Å². The first-order valence-corrected chi connectivity index (χ1v) is 8.56. The van der Waals surface area contributed by atoms with Gasteiger partial charge in [-0.05, 0) is 48.2 Å². The van der Waals surface area contributed by atoms with Crippen LogP contribution in [0.25, 0.3) is 0 Å². The fraction of sp³-hybridized carbons (Fsp3) is 0.350. The second-order valence-corrected chi connectivity index (χ2v) is 6.59. The van der Waals surface area contributed by atoms with Crippen LogP contribution in [-0.4, -0.2) is 19.2 Å². The highest BCUT2D eigenvalue weighted by Gasteiger charge is 2.21. The van der Waals surface area contributed by atoms with Gasteiger partial charge in [0, 0.05) is 5.69 Å². The maximum atomic E-state index is 12.4. The Labute approximate surface area is 148 Å². The van der Waals surface area contributed by atoms with Gasteiger partial charge in [0.25, 0.3) is 0 Å². The molecule has 5 nitrogen and oxygen atoms in total. The predicted octanol–water partition coefficient (Wildman–Crippen LogP) is 4.29. The van der Waals surface area contributed by atoms with Gasteiger partial charge >= 0.3 is 6.03 Å². The van der Waals surface area contributed by atoms with Gasteiger partial charge in [0.1, 0.15) is 13.2 Å². The molecule has 1 aliphatic heterocycles. The molecule has 0 bridgehead atoms. The minimum atomic E-state index is -0.223. The summed E-state index contributed by atoms with van der Waals surface area (Å²) in [6, 6.07) is 13.2.